The number of amides is 3. The largest absolute Gasteiger partial charge is 0.335 e. The minimum atomic E-state index is -0.969. The van der Waals surface area contributed by atoms with Gasteiger partial charge in [-0.05, 0) is 24.3 Å². The topological polar surface area (TPSA) is 61.7 Å². The van der Waals surface area contributed by atoms with E-state index in [1.807, 2.05) is 12.1 Å². The van der Waals surface area contributed by atoms with Gasteiger partial charge < -0.3 is 9.80 Å². The number of nitrogens with zero attached hydrogens (tertiary/aromatic N) is 5. The van der Waals surface area contributed by atoms with Crippen molar-refractivity contribution in [1.82, 2.24) is 19.6 Å². The number of hydrogen-bond donors (Lipinski definition) is 0. The van der Waals surface area contributed by atoms with Crippen molar-refractivity contribution in [2.45, 2.75) is 6.17 Å². The van der Waals surface area contributed by atoms with Crippen LogP contribution in [0.25, 0.3) is 16.6 Å². The number of urea groups is 1. The van der Waals surface area contributed by atoms with E-state index in [1.165, 1.54) is 20.5 Å². The Kier molecular flexibility index (Phi) is 4.38. The second-order valence-corrected chi connectivity index (χ2v) is 7.47. The molecule has 0 radical (unpaired) electrons. The molecule has 2 aromatic carbocycles. The Morgan fingerprint density at radius 2 is 1.83 bits per heavy atom. The first-order valence-electron chi connectivity index (χ1n) is 9.73. The number of carbonyl (C=O) groups is 2. The van der Waals surface area contributed by atoms with Gasteiger partial charge in [0.1, 0.15) is 24.2 Å². The van der Waals surface area contributed by atoms with Crippen LogP contribution in [0.2, 0.25) is 0 Å². The highest BCUT2D eigenvalue weighted by molar-refractivity contribution is 6.04. The molecule has 0 bridgehead atoms. The molecule has 0 spiro atoms. The third-order valence-electron chi connectivity index (χ3n) is 5.57. The van der Waals surface area contributed by atoms with Crippen molar-refractivity contribution in [1.29, 1.82) is 0 Å². The summed E-state index contributed by atoms with van der Waals surface area (Å²) in [6.45, 7) is 0.946. The molecule has 3 heterocycles. The lowest BCUT2D eigenvalue weighted by Crippen LogP contribution is -2.54. The summed E-state index contributed by atoms with van der Waals surface area (Å²) in [5.41, 5.74) is 1.66. The van der Waals surface area contributed by atoms with Gasteiger partial charge in [-0.25, -0.2) is 18.3 Å². The molecule has 1 aromatic heterocycles. The normalized spacial score (nSPS) is 17.1. The minimum Gasteiger partial charge on any atom is -0.335 e. The summed E-state index contributed by atoms with van der Waals surface area (Å²) < 4.78 is 28.7. The maximum Gasteiger partial charge on any atom is 0.325 e. The van der Waals surface area contributed by atoms with E-state index in [-0.39, 0.29) is 31.6 Å². The van der Waals surface area contributed by atoms with Gasteiger partial charge in [0, 0.05) is 18.5 Å². The lowest BCUT2D eigenvalue weighted by atomic mass is 10.2. The summed E-state index contributed by atoms with van der Waals surface area (Å²) in [6, 6.07) is 11.5. The Labute approximate surface area is 171 Å². The molecule has 30 heavy (non-hydrogen) atoms. The van der Waals surface area contributed by atoms with E-state index < -0.39 is 12.0 Å². The van der Waals surface area contributed by atoms with Crippen LogP contribution >= 0.6 is 0 Å². The third kappa shape index (κ3) is 2.97. The summed E-state index contributed by atoms with van der Waals surface area (Å²) in [6.07, 6.45) is 0.642. The van der Waals surface area contributed by atoms with E-state index in [4.69, 9.17) is 0 Å². The molecule has 154 valence electrons. The highest BCUT2D eigenvalue weighted by Crippen LogP contribution is 2.31. The summed E-state index contributed by atoms with van der Waals surface area (Å²) in [4.78, 5) is 29.6. The molecular weight excluding hydrogens is 392 g/mol. The molecule has 9 heteroatoms. The van der Waals surface area contributed by atoms with Gasteiger partial charge in [-0.1, -0.05) is 18.2 Å². The van der Waals surface area contributed by atoms with Gasteiger partial charge in [0.2, 0.25) is 5.91 Å². The lowest BCUT2D eigenvalue weighted by molar-refractivity contribution is -0.138. The molecule has 0 saturated carbocycles. The Hall–Kier alpha value is -3.49. The summed E-state index contributed by atoms with van der Waals surface area (Å²) >= 11 is 0. The van der Waals surface area contributed by atoms with Gasteiger partial charge in [0.05, 0.1) is 30.5 Å². The molecule has 0 atom stereocenters. The fraction of sp³-hybridized carbons (Fsp3) is 0.286. The molecule has 0 unspecified atom stereocenters. The zero-order valence-electron chi connectivity index (χ0n) is 16.0. The third-order valence-corrected chi connectivity index (χ3v) is 5.57. The van der Waals surface area contributed by atoms with E-state index in [1.54, 1.807) is 35.4 Å². The van der Waals surface area contributed by atoms with Gasteiger partial charge in [-0.2, -0.15) is 5.10 Å². The van der Waals surface area contributed by atoms with Gasteiger partial charge in [-0.3, -0.25) is 9.69 Å². The quantitative estimate of drug-likeness (QED) is 0.663. The number of benzene rings is 2. The van der Waals surface area contributed by atoms with Crippen LogP contribution in [-0.4, -0.2) is 70.4 Å². The first-order valence-corrected chi connectivity index (χ1v) is 9.73. The summed E-state index contributed by atoms with van der Waals surface area (Å²) in [5, 5.41) is 5.04. The second-order valence-electron chi connectivity index (χ2n) is 7.47. The van der Waals surface area contributed by atoms with Crippen LogP contribution in [0, 0.1) is 5.82 Å². The maximum atomic E-state index is 14.2. The molecule has 5 rings (SSSR count). The number of anilines is 1. The molecule has 2 saturated heterocycles. The molecule has 3 amide bonds. The molecule has 2 fully saturated rings. The SMILES string of the molecule is O=C(CN1CCN(c2cccc3c2cnn3-c2ccccc2F)C1=O)N1CC(F)C1. The van der Waals surface area contributed by atoms with Crippen LogP contribution in [-0.2, 0) is 4.79 Å². The Balaban J connectivity index is 1.41. The van der Waals surface area contributed by atoms with Crippen molar-refractivity contribution < 1.29 is 18.4 Å². The number of carbonyl (C=O) groups excluding carboxylic acids is 2. The Bertz CT molecular complexity index is 1140. The minimum absolute atomic E-state index is 0.0630. The number of aromatic nitrogens is 2. The number of alkyl halides is 1. The zero-order chi connectivity index (χ0) is 20.8. The van der Waals surface area contributed by atoms with Crippen molar-refractivity contribution in [3.63, 3.8) is 0 Å². The standard InChI is InChI=1S/C21H19F2N5O2/c22-14-11-26(12-14)20(29)13-25-8-9-27(21(25)30)17-6-3-7-18-15(17)10-24-28(18)19-5-2-1-4-16(19)23/h1-7,10,14H,8-9,11-13H2. The number of para-hydroxylation sites is 1. The molecule has 0 N–H and O–H groups in total. The van der Waals surface area contributed by atoms with Crippen molar-refractivity contribution in [3.8, 4) is 5.69 Å². The number of likely N-dealkylation sites (tertiary alicyclic amines) is 1. The van der Waals surface area contributed by atoms with Crippen molar-refractivity contribution >= 4 is 28.5 Å². The van der Waals surface area contributed by atoms with Gasteiger partial charge in [0.15, 0.2) is 0 Å². The fourth-order valence-corrected chi connectivity index (χ4v) is 3.93. The van der Waals surface area contributed by atoms with Crippen molar-refractivity contribution in [2.24, 2.45) is 0 Å². The fourth-order valence-electron chi connectivity index (χ4n) is 3.93. The van der Waals surface area contributed by atoms with Crippen LogP contribution in [0.5, 0.6) is 0 Å². The zero-order valence-corrected chi connectivity index (χ0v) is 16.0. The molecule has 2 aliphatic heterocycles. The van der Waals surface area contributed by atoms with Crippen LogP contribution in [0.1, 0.15) is 0 Å². The van der Waals surface area contributed by atoms with Crippen LogP contribution in [0.3, 0.4) is 0 Å². The first-order chi connectivity index (χ1) is 14.5. The van der Waals surface area contributed by atoms with E-state index in [0.29, 0.717) is 35.4 Å². The van der Waals surface area contributed by atoms with E-state index in [0.717, 1.165) is 0 Å². The predicted molar refractivity (Wildman–Crippen MR) is 107 cm³/mol. The van der Waals surface area contributed by atoms with Crippen molar-refractivity contribution in [2.75, 3.05) is 37.6 Å². The summed E-state index contributed by atoms with van der Waals surface area (Å²) in [5.74, 6) is -0.638. The number of hydrogen-bond acceptors (Lipinski definition) is 3. The highest BCUT2D eigenvalue weighted by atomic mass is 19.1. The molecule has 0 aliphatic carbocycles. The van der Waals surface area contributed by atoms with Crippen LogP contribution < -0.4 is 4.90 Å². The van der Waals surface area contributed by atoms with Gasteiger partial charge in [-0.15, -0.1) is 0 Å². The van der Waals surface area contributed by atoms with E-state index in [9.17, 15) is 18.4 Å². The molecule has 2 aliphatic rings. The van der Waals surface area contributed by atoms with Gasteiger partial charge >= 0.3 is 6.03 Å². The molecular formula is C21H19F2N5O2. The number of fused-ring (bicyclic) bond motifs is 1. The van der Waals surface area contributed by atoms with Gasteiger partial charge in [0.25, 0.3) is 0 Å². The van der Waals surface area contributed by atoms with Crippen LogP contribution in [0.4, 0.5) is 19.3 Å². The Morgan fingerprint density at radius 1 is 1.07 bits per heavy atom. The monoisotopic (exact) mass is 411 g/mol. The maximum absolute atomic E-state index is 14.2. The highest BCUT2D eigenvalue weighted by Gasteiger charge is 2.36. The summed E-state index contributed by atoms with van der Waals surface area (Å²) in [7, 11) is 0. The molecule has 7 nitrogen and oxygen atoms in total. The number of rotatable bonds is 4. The van der Waals surface area contributed by atoms with Crippen molar-refractivity contribution in [3.05, 3.63) is 54.5 Å². The second kappa shape index (κ2) is 7.08. The van der Waals surface area contributed by atoms with E-state index in [2.05, 4.69) is 5.10 Å². The predicted octanol–water partition coefficient (Wildman–Crippen LogP) is 2.59. The van der Waals surface area contributed by atoms with E-state index >= 15 is 0 Å². The lowest BCUT2D eigenvalue weighted by Gasteiger charge is -2.35. The van der Waals surface area contributed by atoms with Crippen LogP contribution in [0.15, 0.2) is 48.7 Å². The smallest absolute Gasteiger partial charge is 0.325 e. The average Bonchev–Trinajstić information content (AvgIpc) is 3.30. The first kappa shape index (κ1) is 18.5. The molecule has 3 aromatic rings. The Morgan fingerprint density at radius 3 is 2.60 bits per heavy atom. The average molecular weight is 411 g/mol. The number of halogens is 2.